The lowest BCUT2D eigenvalue weighted by Crippen LogP contribution is -2.02. The summed E-state index contributed by atoms with van der Waals surface area (Å²) in [7, 11) is 1.83. The van der Waals surface area contributed by atoms with Crippen molar-refractivity contribution in [2.75, 3.05) is 0 Å². The molecule has 0 aliphatic carbocycles. The van der Waals surface area contributed by atoms with E-state index in [-0.39, 0.29) is 0 Å². The van der Waals surface area contributed by atoms with Crippen molar-refractivity contribution in [3.8, 4) is 0 Å². The molecule has 1 N–H and O–H groups in total. The fourth-order valence-corrected chi connectivity index (χ4v) is 1.16. The van der Waals surface area contributed by atoms with Crippen LogP contribution < -0.4 is 0 Å². The van der Waals surface area contributed by atoms with Crippen LogP contribution in [-0.2, 0) is 7.05 Å². The Morgan fingerprint density at radius 3 is 2.50 bits per heavy atom. The fraction of sp³-hybridized carbons (Fsp3) is 0.571. The highest BCUT2D eigenvalue weighted by Gasteiger charge is 2.08. The van der Waals surface area contributed by atoms with E-state index in [4.69, 9.17) is 0 Å². The Bertz CT molecular complexity index is 208. The fourth-order valence-electron chi connectivity index (χ4n) is 1.16. The molecule has 1 aromatic heterocycles. The Balaban J connectivity index is 3.10. The summed E-state index contributed by atoms with van der Waals surface area (Å²) in [5.74, 6) is 0. The van der Waals surface area contributed by atoms with E-state index in [9.17, 15) is 5.11 Å². The van der Waals surface area contributed by atoms with Crippen LogP contribution in [0.5, 0.6) is 0 Å². The molecule has 3 nitrogen and oxygen atoms in total. The van der Waals surface area contributed by atoms with Crippen molar-refractivity contribution < 1.29 is 5.11 Å². The number of aliphatic hydroxyl groups is 1. The minimum atomic E-state index is -0.424. The van der Waals surface area contributed by atoms with Crippen molar-refractivity contribution in [2.45, 2.75) is 20.0 Å². The van der Waals surface area contributed by atoms with E-state index in [1.54, 1.807) is 17.8 Å². The Morgan fingerprint density at radius 1 is 1.70 bits per heavy atom. The molecule has 1 aromatic rings. The lowest BCUT2D eigenvalue weighted by Gasteiger charge is -2.05. The highest BCUT2D eigenvalue weighted by Crippen LogP contribution is 2.14. The quantitative estimate of drug-likeness (QED) is 0.626. The highest BCUT2D eigenvalue weighted by atomic mass is 16.3. The third-order valence-electron chi connectivity index (χ3n) is 1.57. The van der Waals surface area contributed by atoms with Crippen molar-refractivity contribution in [3.63, 3.8) is 0 Å². The van der Waals surface area contributed by atoms with Crippen molar-refractivity contribution in [3.05, 3.63) is 17.5 Å². The van der Waals surface area contributed by atoms with Crippen LogP contribution in [0.25, 0.3) is 0 Å². The zero-order valence-corrected chi connectivity index (χ0v) is 6.50. The van der Waals surface area contributed by atoms with Gasteiger partial charge in [-0.15, -0.1) is 0 Å². The summed E-state index contributed by atoms with van der Waals surface area (Å²) in [5, 5.41) is 13.2. The van der Waals surface area contributed by atoms with Gasteiger partial charge in [-0.1, -0.05) is 0 Å². The number of aromatic nitrogens is 2. The van der Waals surface area contributed by atoms with Crippen LogP contribution in [0.2, 0.25) is 0 Å². The third-order valence-corrected chi connectivity index (χ3v) is 1.57. The molecule has 0 saturated heterocycles. The summed E-state index contributed by atoms with van der Waals surface area (Å²) in [5.41, 5.74) is 1.93. The molecule has 0 radical (unpaired) electrons. The van der Waals surface area contributed by atoms with Gasteiger partial charge in [0.1, 0.15) is 0 Å². The van der Waals surface area contributed by atoms with Crippen LogP contribution in [0.15, 0.2) is 6.20 Å². The number of hydrogen-bond donors (Lipinski definition) is 1. The van der Waals surface area contributed by atoms with Crippen LogP contribution in [0.4, 0.5) is 0 Å². The van der Waals surface area contributed by atoms with E-state index in [0.717, 1.165) is 11.3 Å². The highest BCUT2D eigenvalue weighted by molar-refractivity contribution is 5.16. The number of nitrogens with zero attached hydrogens (tertiary/aromatic N) is 2. The maximum Gasteiger partial charge on any atom is 0.0931 e. The average molecular weight is 140 g/mol. The van der Waals surface area contributed by atoms with E-state index in [1.807, 2.05) is 14.0 Å². The molecular formula is C7H12N2O. The van der Waals surface area contributed by atoms with Crippen LogP contribution in [0.3, 0.4) is 0 Å². The second-order valence-corrected chi connectivity index (χ2v) is 2.51. The molecule has 1 unspecified atom stereocenters. The number of aliphatic hydroxyl groups excluding tert-OH is 1. The number of hydrogen-bond acceptors (Lipinski definition) is 2. The molecule has 0 bridgehead atoms. The van der Waals surface area contributed by atoms with E-state index in [0.29, 0.717) is 0 Å². The van der Waals surface area contributed by atoms with E-state index < -0.39 is 6.10 Å². The monoisotopic (exact) mass is 140 g/mol. The third kappa shape index (κ3) is 1.04. The summed E-state index contributed by atoms with van der Waals surface area (Å²) in [6.45, 7) is 3.68. The molecule has 10 heavy (non-hydrogen) atoms. The minimum Gasteiger partial charge on any atom is -0.387 e. The first-order valence-corrected chi connectivity index (χ1v) is 3.29. The summed E-state index contributed by atoms with van der Waals surface area (Å²) in [6, 6.07) is 0. The van der Waals surface area contributed by atoms with Crippen molar-refractivity contribution in [2.24, 2.45) is 7.05 Å². The molecule has 3 heteroatoms. The van der Waals surface area contributed by atoms with Gasteiger partial charge < -0.3 is 5.11 Å². The van der Waals surface area contributed by atoms with Gasteiger partial charge in [-0.3, -0.25) is 4.68 Å². The molecule has 0 aliphatic heterocycles. The minimum absolute atomic E-state index is 0.424. The van der Waals surface area contributed by atoms with Crippen molar-refractivity contribution in [1.29, 1.82) is 0 Å². The Kier molecular flexibility index (Phi) is 1.76. The SMILES string of the molecule is Cc1cnn(C)c1C(C)O. The van der Waals surface area contributed by atoms with Gasteiger partial charge in [0.05, 0.1) is 18.0 Å². The van der Waals surface area contributed by atoms with E-state index in [2.05, 4.69) is 5.10 Å². The first kappa shape index (κ1) is 7.28. The lowest BCUT2D eigenvalue weighted by molar-refractivity contribution is 0.188. The maximum absolute atomic E-state index is 9.21. The Labute approximate surface area is 60.3 Å². The van der Waals surface area contributed by atoms with Crippen LogP contribution >= 0.6 is 0 Å². The van der Waals surface area contributed by atoms with Crippen LogP contribution in [-0.4, -0.2) is 14.9 Å². The molecule has 1 heterocycles. The first-order valence-electron chi connectivity index (χ1n) is 3.29. The Morgan fingerprint density at radius 2 is 2.30 bits per heavy atom. The zero-order chi connectivity index (χ0) is 7.72. The summed E-state index contributed by atoms with van der Waals surface area (Å²) in [6.07, 6.45) is 1.33. The largest absolute Gasteiger partial charge is 0.387 e. The van der Waals surface area contributed by atoms with Gasteiger partial charge in [0.15, 0.2) is 0 Å². The van der Waals surface area contributed by atoms with E-state index >= 15 is 0 Å². The topological polar surface area (TPSA) is 38.0 Å². The van der Waals surface area contributed by atoms with Gasteiger partial charge in [-0.25, -0.2) is 0 Å². The van der Waals surface area contributed by atoms with Gasteiger partial charge in [0, 0.05) is 7.05 Å². The van der Waals surface area contributed by atoms with Gasteiger partial charge in [0.2, 0.25) is 0 Å². The molecule has 0 saturated carbocycles. The predicted octanol–water partition coefficient (Wildman–Crippen LogP) is 0.782. The van der Waals surface area contributed by atoms with Crippen LogP contribution in [0.1, 0.15) is 24.3 Å². The standard InChI is InChI=1S/C7H12N2O/c1-5-4-8-9(3)7(5)6(2)10/h4,6,10H,1-3H3. The summed E-state index contributed by atoms with van der Waals surface area (Å²) < 4.78 is 1.69. The maximum atomic E-state index is 9.21. The zero-order valence-electron chi connectivity index (χ0n) is 6.50. The number of aryl methyl sites for hydroxylation is 2. The van der Waals surface area contributed by atoms with Gasteiger partial charge in [-0.05, 0) is 19.4 Å². The molecular weight excluding hydrogens is 128 g/mol. The smallest absolute Gasteiger partial charge is 0.0931 e. The van der Waals surface area contributed by atoms with Crippen LogP contribution in [0, 0.1) is 6.92 Å². The number of rotatable bonds is 1. The summed E-state index contributed by atoms with van der Waals surface area (Å²) in [4.78, 5) is 0. The molecule has 56 valence electrons. The molecule has 0 aromatic carbocycles. The van der Waals surface area contributed by atoms with Gasteiger partial charge >= 0.3 is 0 Å². The predicted molar refractivity (Wildman–Crippen MR) is 38.6 cm³/mol. The Hall–Kier alpha value is -0.830. The second-order valence-electron chi connectivity index (χ2n) is 2.51. The summed E-state index contributed by atoms with van der Waals surface area (Å²) >= 11 is 0. The van der Waals surface area contributed by atoms with E-state index in [1.165, 1.54) is 0 Å². The first-order chi connectivity index (χ1) is 4.63. The second kappa shape index (κ2) is 2.42. The van der Waals surface area contributed by atoms with Gasteiger partial charge in [0.25, 0.3) is 0 Å². The molecule has 0 fully saturated rings. The van der Waals surface area contributed by atoms with Gasteiger partial charge in [-0.2, -0.15) is 5.10 Å². The van der Waals surface area contributed by atoms with Crippen molar-refractivity contribution in [1.82, 2.24) is 9.78 Å². The molecule has 1 rings (SSSR count). The molecule has 0 spiro atoms. The molecule has 1 atom stereocenters. The average Bonchev–Trinajstić information content (AvgIpc) is 2.11. The van der Waals surface area contributed by atoms with Crippen molar-refractivity contribution >= 4 is 0 Å². The lowest BCUT2D eigenvalue weighted by atomic mass is 10.2. The molecule has 0 amide bonds. The normalized spacial score (nSPS) is 13.6. The molecule has 0 aliphatic rings.